The molecule has 0 aliphatic rings. The zero-order valence-electron chi connectivity index (χ0n) is 8.95. The van der Waals surface area contributed by atoms with Crippen molar-refractivity contribution in [2.24, 2.45) is 0 Å². The first kappa shape index (κ1) is 11.0. The smallest absolute Gasteiger partial charge is 0.199 e. The van der Waals surface area contributed by atoms with Crippen molar-refractivity contribution in [3.8, 4) is 11.6 Å². The van der Waals surface area contributed by atoms with Gasteiger partial charge in [0, 0.05) is 7.05 Å². The molecule has 0 fully saturated rings. The van der Waals surface area contributed by atoms with Gasteiger partial charge in [0.1, 0.15) is 12.1 Å². The highest BCUT2D eigenvalue weighted by molar-refractivity contribution is 9.10. The molecule has 2 rings (SSSR count). The molecule has 2 heterocycles. The number of anilines is 1. The van der Waals surface area contributed by atoms with Gasteiger partial charge >= 0.3 is 0 Å². The Kier molecular flexibility index (Phi) is 3.14. The van der Waals surface area contributed by atoms with Crippen LogP contribution in [0.4, 0.5) is 5.82 Å². The Labute approximate surface area is 101 Å². The molecule has 0 aliphatic carbocycles. The number of rotatable bonds is 3. The molecular weight excluding hydrogens is 272 g/mol. The van der Waals surface area contributed by atoms with Crippen LogP contribution < -0.4 is 5.32 Å². The molecule has 2 aromatic heterocycles. The highest BCUT2D eigenvalue weighted by atomic mass is 79.9. The summed E-state index contributed by atoms with van der Waals surface area (Å²) in [7, 11) is 1.82. The minimum absolute atomic E-state index is 0.543. The second-order valence-corrected chi connectivity index (χ2v) is 3.89. The summed E-state index contributed by atoms with van der Waals surface area (Å²) < 4.78 is 0.890. The summed E-state index contributed by atoms with van der Waals surface area (Å²) in [6.45, 7) is 2.04. The lowest BCUT2D eigenvalue weighted by molar-refractivity contribution is 0.973. The topological polar surface area (TPSA) is 79.4 Å². The average molecular weight is 283 g/mol. The van der Waals surface area contributed by atoms with Crippen LogP contribution in [-0.2, 0) is 6.42 Å². The molecule has 0 unspecified atom stereocenters. The molecule has 0 atom stereocenters. The highest BCUT2D eigenvalue weighted by Crippen LogP contribution is 2.25. The molecule has 84 valence electrons. The number of aromatic amines is 1. The maximum atomic E-state index is 4.41. The van der Waals surface area contributed by atoms with Gasteiger partial charge in [0.25, 0.3) is 0 Å². The average Bonchev–Trinajstić information content (AvgIpc) is 2.83. The summed E-state index contributed by atoms with van der Waals surface area (Å²) in [4.78, 5) is 12.8. The van der Waals surface area contributed by atoms with E-state index in [1.807, 2.05) is 14.0 Å². The number of nitrogens with one attached hydrogen (secondary N) is 2. The van der Waals surface area contributed by atoms with E-state index < -0.39 is 0 Å². The van der Waals surface area contributed by atoms with Crippen molar-refractivity contribution in [2.45, 2.75) is 13.3 Å². The van der Waals surface area contributed by atoms with E-state index in [9.17, 15) is 0 Å². The molecule has 6 nitrogen and oxygen atoms in total. The Balaban J connectivity index is 2.56. The Bertz CT molecular complexity index is 456. The van der Waals surface area contributed by atoms with Gasteiger partial charge < -0.3 is 5.32 Å². The lowest BCUT2D eigenvalue weighted by atomic mass is 10.3. The summed E-state index contributed by atoms with van der Waals surface area (Å²) in [5, 5.41) is 9.54. The third-order valence-corrected chi connectivity index (χ3v) is 2.95. The highest BCUT2D eigenvalue weighted by Gasteiger charge is 2.12. The van der Waals surface area contributed by atoms with Gasteiger partial charge in [0.15, 0.2) is 11.6 Å². The third kappa shape index (κ3) is 1.90. The third-order valence-electron chi connectivity index (χ3n) is 2.12. The Morgan fingerprint density at radius 1 is 1.44 bits per heavy atom. The molecule has 2 N–H and O–H groups in total. The number of hydrogen-bond donors (Lipinski definition) is 2. The second kappa shape index (κ2) is 4.56. The Morgan fingerprint density at radius 3 is 2.81 bits per heavy atom. The predicted molar refractivity (Wildman–Crippen MR) is 64.0 cm³/mol. The van der Waals surface area contributed by atoms with Gasteiger partial charge in [-0.25, -0.2) is 15.0 Å². The van der Waals surface area contributed by atoms with E-state index in [2.05, 4.69) is 46.4 Å². The maximum absolute atomic E-state index is 4.41. The van der Waals surface area contributed by atoms with Crippen molar-refractivity contribution < 1.29 is 0 Å². The van der Waals surface area contributed by atoms with Crippen molar-refractivity contribution in [1.82, 2.24) is 25.1 Å². The first-order chi connectivity index (χ1) is 7.76. The van der Waals surface area contributed by atoms with Crippen LogP contribution in [0.1, 0.15) is 12.6 Å². The number of H-pyrrole nitrogens is 1. The van der Waals surface area contributed by atoms with E-state index in [1.165, 1.54) is 6.33 Å². The minimum atomic E-state index is 0.543. The fourth-order valence-electron chi connectivity index (χ4n) is 1.31. The molecule has 0 radical (unpaired) electrons. The summed E-state index contributed by atoms with van der Waals surface area (Å²) >= 11 is 3.47. The number of halogens is 1. The van der Waals surface area contributed by atoms with Crippen molar-refractivity contribution in [3.63, 3.8) is 0 Å². The van der Waals surface area contributed by atoms with Crippen LogP contribution in [0.3, 0.4) is 0 Å². The van der Waals surface area contributed by atoms with E-state index in [0.29, 0.717) is 11.6 Å². The Morgan fingerprint density at radius 2 is 2.25 bits per heavy atom. The molecule has 0 saturated heterocycles. The summed E-state index contributed by atoms with van der Waals surface area (Å²) in [5.41, 5.74) is 0.936. The molecule has 0 aromatic carbocycles. The summed E-state index contributed by atoms with van der Waals surface area (Å²) in [6, 6.07) is 0. The van der Waals surface area contributed by atoms with E-state index in [1.54, 1.807) is 0 Å². The summed E-state index contributed by atoms with van der Waals surface area (Å²) in [6.07, 6.45) is 2.25. The van der Waals surface area contributed by atoms with Crippen LogP contribution in [0.2, 0.25) is 0 Å². The van der Waals surface area contributed by atoms with Gasteiger partial charge in [-0.05, 0) is 22.4 Å². The van der Waals surface area contributed by atoms with E-state index >= 15 is 0 Å². The van der Waals surface area contributed by atoms with Crippen molar-refractivity contribution >= 4 is 21.7 Å². The molecular formula is C9H11BrN6. The van der Waals surface area contributed by atoms with Gasteiger partial charge in [-0.1, -0.05) is 6.92 Å². The second-order valence-electron chi connectivity index (χ2n) is 3.09. The normalized spacial score (nSPS) is 10.4. The fourth-order valence-corrected chi connectivity index (χ4v) is 1.97. The van der Waals surface area contributed by atoms with Gasteiger partial charge in [-0.2, -0.15) is 5.10 Å². The first-order valence-corrected chi connectivity index (χ1v) is 5.65. The molecule has 2 aromatic rings. The SMILES string of the molecule is CCc1nc(-c2ncn[nH]2)nc(NC)c1Br. The van der Waals surface area contributed by atoms with Crippen LogP contribution in [-0.4, -0.2) is 32.2 Å². The molecule has 0 saturated carbocycles. The van der Waals surface area contributed by atoms with Crippen LogP contribution in [0, 0.1) is 0 Å². The van der Waals surface area contributed by atoms with E-state index in [0.717, 1.165) is 22.4 Å². The van der Waals surface area contributed by atoms with Gasteiger partial charge in [0.2, 0.25) is 0 Å². The van der Waals surface area contributed by atoms with Crippen LogP contribution in [0.15, 0.2) is 10.8 Å². The lowest BCUT2D eigenvalue weighted by Crippen LogP contribution is -2.03. The summed E-state index contributed by atoms with van der Waals surface area (Å²) in [5.74, 6) is 1.86. The predicted octanol–water partition coefficient (Wildman–Crippen LogP) is 1.63. The monoisotopic (exact) mass is 282 g/mol. The minimum Gasteiger partial charge on any atom is -0.372 e. The Hall–Kier alpha value is -1.50. The van der Waals surface area contributed by atoms with Crippen LogP contribution in [0.5, 0.6) is 0 Å². The molecule has 0 bridgehead atoms. The van der Waals surface area contributed by atoms with Crippen LogP contribution in [0.25, 0.3) is 11.6 Å². The van der Waals surface area contributed by atoms with Crippen molar-refractivity contribution in [3.05, 3.63) is 16.5 Å². The zero-order valence-corrected chi connectivity index (χ0v) is 10.5. The molecule has 0 amide bonds. The van der Waals surface area contributed by atoms with E-state index in [4.69, 9.17) is 0 Å². The lowest BCUT2D eigenvalue weighted by Gasteiger charge is -2.08. The number of aromatic nitrogens is 5. The largest absolute Gasteiger partial charge is 0.372 e. The van der Waals surface area contributed by atoms with Gasteiger partial charge in [-0.3, -0.25) is 5.10 Å². The standard InChI is InChI=1S/C9H11BrN6/c1-3-5-6(10)7(11-2)15-9(14-5)8-12-4-13-16-8/h4H,3H2,1-2H3,(H,11,14,15)(H,12,13,16). The molecule has 0 spiro atoms. The van der Waals surface area contributed by atoms with Gasteiger partial charge in [-0.15, -0.1) is 0 Å². The molecule has 0 aliphatic heterocycles. The number of hydrogen-bond acceptors (Lipinski definition) is 5. The number of aryl methyl sites for hydroxylation is 1. The first-order valence-electron chi connectivity index (χ1n) is 4.86. The number of nitrogens with zero attached hydrogens (tertiary/aromatic N) is 4. The van der Waals surface area contributed by atoms with Crippen molar-refractivity contribution in [1.29, 1.82) is 0 Å². The van der Waals surface area contributed by atoms with Gasteiger partial charge in [0.05, 0.1) is 10.2 Å². The molecule has 16 heavy (non-hydrogen) atoms. The van der Waals surface area contributed by atoms with E-state index in [-0.39, 0.29) is 0 Å². The van der Waals surface area contributed by atoms with Crippen LogP contribution >= 0.6 is 15.9 Å². The quantitative estimate of drug-likeness (QED) is 0.895. The fraction of sp³-hybridized carbons (Fsp3) is 0.333. The van der Waals surface area contributed by atoms with Crippen molar-refractivity contribution in [2.75, 3.05) is 12.4 Å². The zero-order chi connectivity index (χ0) is 11.5. The molecule has 7 heteroatoms. The maximum Gasteiger partial charge on any atom is 0.199 e.